The zero-order valence-electron chi connectivity index (χ0n) is 15.1. The van der Waals surface area contributed by atoms with Gasteiger partial charge in [-0.3, -0.25) is 23.9 Å². The maximum Gasteiger partial charge on any atom is 0.271 e. The predicted octanol–water partition coefficient (Wildman–Crippen LogP) is 2.11. The number of aryl methyl sites for hydroxylation is 1. The van der Waals surface area contributed by atoms with Gasteiger partial charge in [0.25, 0.3) is 11.2 Å². The van der Waals surface area contributed by atoms with Crippen LogP contribution in [0.15, 0.2) is 47.3 Å². The Morgan fingerprint density at radius 3 is 2.75 bits per heavy atom. The van der Waals surface area contributed by atoms with Crippen LogP contribution in [0.5, 0.6) is 5.75 Å². The molecule has 0 spiro atoms. The van der Waals surface area contributed by atoms with Crippen LogP contribution in [-0.4, -0.2) is 31.2 Å². The number of methoxy groups -OCH3 is 1. The molecule has 4 rings (SSSR count). The van der Waals surface area contributed by atoms with Crippen molar-refractivity contribution in [3.05, 3.63) is 68.8 Å². The summed E-state index contributed by atoms with van der Waals surface area (Å²) in [7, 11) is 3.13. The highest BCUT2D eigenvalue weighted by molar-refractivity contribution is 5.80. The molecule has 0 unspecified atom stereocenters. The van der Waals surface area contributed by atoms with Crippen molar-refractivity contribution >= 4 is 28.1 Å². The monoisotopic (exact) mass is 380 g/mol. The minimum atomic E-state index is -0.472. The summed E-state index contributed by atoms with van der Waals surface area (Å²) in [6.45, 7) is 0.223. The number of nitrogens with one attached hydrogen (secondary N) is 1. The molecule has 142 valence electrons. The molecule has 10 heteroatoms. The Labute approximate surface area is 158 Å². The van der Waals surface area contributed by atoms with Gasteiger partial charge in [0, 0.05) is 19.2 Å². The first-order chi connectivity index (χ1) is 13.5. The summed E-state index contributed by atoms with van der Waals surface area (Å²) in [4.78, 5) is 23.1. The normalized spacial score (nSPS) is 11.1. The summed E-state index contributed by atoms with van der Waals surface area (Å²) in [5, 5.41) is 23.0. The maximum absolute atomic E-state index is 12.5. The SMILES string of the molecule is COc1ccc([N+](=O)[O-])cc1NCc1nnc2n(C)c(=O)c3ccccc3n12. The van der Waals surface area contributed by atoms with Gasteiger partial charge >= 0.3 is 0 Å². The van der Waals surface area contributed by atoms with E-state index in [0.29, 0.717) is 33.9 Å². The van der Waals surface area contributed by atoms with Crippen LogP contribution >= 0.6 is 0 Å². The van der Waals surface area contributed by atoms with Gasteiger partial charge in [-0.1, -0.05) is 12.1 Å². The Morgan fingerprint density at radius 1 is 1.21 bits per heavy atom. The molecule has 4 aromatic rings. The van der Waals surface area contributed by atoms with E-state index in [0.717, 1.165) is 0 Å². The molecule has 10 nitrogen and oxygen atoms in total. The standard InChI is InChI=1S/C18H16N6O4/c1-22-17(25)12-5-3-4-6-14(12)23-16(20-21-18(22)23)10-19-13-9-11(24(26)27)7-8-15(13)28-2/h3-9,19H,10H2,1-2H3. The second-order valence-electron chi connectivity index (χ2n) is 6.13. The lowest BCUT2D eigenvalue weighted by Gasteiger charge is -2.11. The number of nitro groups is 1. The molecular formula is C18H16N6O4. The molecule has 2 aromatic carbocycles. The number of para-hydroxylation sites is 1. The van der Waals surface area contributed by atoms with Crippen molar-refractivity contribution in [3.8, 4) is 5.75 Å². The molecule has 0 aliphatic heterocycles. The Morgan fingerprint density at radius 2 is 2.00 bits per heavy atom. The molecule has 2 aromatic heterocycles. The summed E-state index contributed by atoms with van der Waals surface area (Å²) < 4.78 is 8.49. The van der Waals surface area contributed by atoms with E-state index in [1.807, 2.05) is 12.1 Å². The van der Waals surface area contributed by atoms with E-state index in [1.165, 1.54) is 29.9 Å². The average Bonchev–Trinajstić information content (AvgIpc) is 3.14. The molecule has 0 saturated carbocycles. The van der Waals surface area contributed by atoms with Gasteiger partial charge in [0.15, 0.2) is 5.82 Å². The number of fused-ring (bicyclic) bond motifs is 3. The summed E-state index contributed by atoms with van der Waals surface area (Å²) in [6, 6.07) is 11.5. The number of hydrogen-bond acceptors (Lipinski definition) is 7. The van der Waals surface area contributed by atoms with E-state index in [9.17, 15) is 14.9 Å². The van der Waals surface area contributed by atoms with E-state index < -0.39 is 4.92 Å². The number of non-ortho nitro benzene ring substituents is 1. The van der Waals surface area contributed by atoms with Crippen LogP contribution in [0.4, 0.5) is 11.4 Å². The molecule has 0 radical (unpaired) electrons. The first kappa shape index (κ1) is 17.5. The largest absolute Gasteiger partial charge is 0.495 e. The zero-order valence-corrected chi connectivity index (χ0v) is 15.1. The van der Waals surface area contributed by atoms with Crippen LogP contribution in [0.25, 0.3) is 16.7 Å². The third-order valence-corrected chi connectivity index (χ3v) is 4.52. The number of hydrogen-bond donors (Lipinski definition) is 1. The highest BCUT2D eigenvalue weighted by atomic mass is 16.6. The van der Waals surface area contributed by atoms with Crippen LogP contribution in [-0.2, 0) is 13.6 Å². The van der Waals surface area contributed by atoms with Gasteiger partial charge in [-0.25, -0.2) is 0 Å². The fourth-order valence-corrected chi connectivity index (χ4v) is 3.13. The molecule has 0 aliphatic carbocycles. The van der Waals surface area contributed by atoms with Crippen LogP contribution in [0.2, 0.25) is 0 Å². The molecular weight excluding hydrogens is 364 g/mol. The third kappa shape index (κ3) is 2.71. The summed E-state index contributed by atoms with van der Waals surface area (Å²) in [5.74, 6) is 1.43. The molecule has 0 bridgehead atoms. The van der Waals surface area contributed by atoms with Crippen molar-refractivity contribution in [1.29, 1.82) is 0 Å². The fourth-order valence-electron chi connectivity index (χ4n) is 3.13. The summed E-state index contributed by atoms with van der Waals surface area (Å²) >= 11 is 0. The van der Waals surface area contributed by atoms with Crippen molar-refractivity contribution in [1.82, 2.24) is 19.2 Å². The fraction of sp³-hybridized carbons (Fsp3) is 0.167. The van der Waals surface area contributed by atoms with Gasteiger partial charge in [0.1, 0.15) is 5.75 Å². The molecule has 2 heterocycles. The Hall–Kier alpha value is -3.95. The Balaban J connectivity index is 1.79. The number of nitrogens with zero attached hydrogens (tertiary/aromatic N) is 5. The molecule has 0 aliphatic rings. The smallest absolute Gasteiger partial charge is 0.271 e. The van der Waals surface area contributed by atoms with E-state index in [4.69, 9.17) is 4.74 Å². The van der Waals surface area contributed by atoms with Gasteiger partial charge in [0.2, 0.25) is 5.78 Å². The lowest BCUT2D eigenvalue weighted by atomic mass is 10.2. The number of nitro benzene ring substituents is 1. The lowest BCUT2D eigenvalue weighted by molar-refractivity contribution is -0.384. The van der Waals surface area contributed by atoms with Gasteiger partial charge in [-0.2, -0.15) is 0 Å². The summed E-state index contributed by atoms with van der Waals surface area (Å²) in [6.07, 6.45) is 0. The minimum Gasteiger partial charge on any atom is -0.495 e. The van der Waals surface area contributed by atoms with E-state index in [-0.39, 0.29) is 17.8 Å². The van der Waals surface area contributed by atoms with Crippen molar-refractivity contribution in [3.63, 3.8) is 0 Å². The van der Waals surface area contributed by atoms with Crippen molar-refractivity contribution in [2.45, 2.75) is 6.54 Å². The number of aromatic nitrogens is 4. The number of benzene rings is 2. The number of ether oxygens (including phenoxy) is 1. The molecule has 0 fully saturated rings. The molecule has 1 N–H and O–H groups in total. The van der Waals surface area contributed by atoms with Crippen LogP contribution in [0, 0.1) is 10.1 Å². The topological polar surface area (TPSA) is 117 Å². The molecule has 28 heavy (non-hydrogen) atoms. The lowest BCUT2D eigenvalue weighted by Crippen LogP contribution is -2.20. The molecule has 0 atom stereocenters. The van der Waals surface area contributed by atoms with E-state index in [2.05, 4.69) is 15.5 Å². The zero-order chi connectivity index (χ0) is 19.8. The molecule has 0 saturated heterocycles. The highest BCUT2D eigenvalue weighted by Gasteiger charge is 2.16. The Kier molecular flexibility index (Phi) is 4.15. The second kappa shape index (κ2) is 6.65. The highest BCUT2D eigenvalue weighted by Crippen LogP contribution is 2.29. The van der Waals surface area contributed by atoms with Gasteiger partial charge in [-0.15, -0.1) is 10.2 Å². The van der Waals surface area contributed by atoms with E-state index in [1.54, 1.807) is 23.6 Å². The van der Waals surface area contributed by atoms with E-state index >= 15 is 0 Å². The summed E-state index contributed by atoms with van der Waals surface area (Å²) in [5.41, 5.74) is 0.939. The Bertz CT molecular complexity index is 1280. The predicted molar refractivity (Wildman–Crippen MR) is 103 cm³/mol. The third-order valence-electron chi connectivity index (χ3n) is 4.52. The first-order valence-corrected chi connectivity index (χ1v) is 8.39. The minimum absolute atomic E-state index is 0.0535. The van der Waals surface area contributed by atoms with Crippen LogP contribution < -0.4 is 15.6 Å². The maximum atomic E-state index is 12.5. The van der Waals surface area contributed by atoms with Crippen molar-refractivity contribution in [2.24, 2.45) is 7.05 Å². The first-order valence-electron chi connectivity index (χ1n) is 8.39. The van der Waals surface area contributed by atoms with Crippen LogP contribution in [0.3, 0.4) is 0 Å². The van der Waals surface area contributed by atoms with Crippen molar-refractivity contribution < 1.29 is 9.66 Å². The van der Waals surface area contributed by atoms with Crippen molar-refractivity contribution in [2.75, 3.05) is 12.4 Å². The molecule has 0 amide bonds. The second-order valence-corrected chi connectivity index (χ2v) is 6.13. The number of anilines is 1. The van der Waals surface area contributed by atoms with Gasteiger partial charge in [-0.05, 0) is 18.2 Å². The van der Waals surface area contributed by atoms with Crippen LogP contribution in [0.1, 0.15) is 5.82 Å². The van der Waals surface area contributed by atoms with Gasteiger partial charge < -0.3 is 10.1 Å². The number of rotatable bonds is 5. The average molecular weight is 380 g/mol. The quantitative estimate of drug-likeness (QED) is 0.416. The van der Waals surface area contributed by atoms with Gasteiger partial charge in [0.05, 0.1) is 35.2 Å².